The SMILES string of the molecule is CCc1nccn1CCC1CNC1. The summed E-state index contributed by atoms with van der Waals surface area (Å²) in [5, 5.41) is 3.30. The van der Waals surface area contributed by atoms with Crippen LogP contribution in [0, 0.1) is 5.92 Å². The molecule has 0 radical (unpaired) electrons. The first-order valence-electron chi connectivity index (χ1n) is 5.11. The first kappa shape index (κ1) is 8.75. The molecule has 3 heteroatoms. The Hall–Kier alpha value is -0.830. The molecule has 1 saturated heterocycles. The summed E-state index contributed by atoms with van der Waals surface area (Å²) in [5.74, 6) is 2.11. The number of aromatic nitrogens is 2. The van der Waals surface area contributed by atoms with Gasteiger partial charge in [0.1, 0.15) is 5.82 Å². The molecule has 0 atom stereocenters. The third-order valence-electron chi connectivity index (χ3n) is 2.76. The van der Waals surface area contributed by atoms with Crippen molar-refractivity contribution >= 4 is 0 Å². The van der Waals surface area contributed by atoms with E-state index in [1.807, 2.05) is 6.20 Å². The predicted octanol–water partition coefficient (Wildman–Crippen LogP) is 1.05. The molecular formula is C10H17N3. The lowest BCUT2D eigenvalue weighted by Gasteiger charge is -2.27. The summed E-state index contributed by atoms with van der Waals surface area (Å²) in [4.78, 5) is 4.30. The van der Waals surface area contributed by atoms with E-state index in [4.69, 9.17) is 0 Å². The molecule has 1 N–H and O–H groups in total. The molecule has 1 aliphatic heterocycles. The largest absolute Gasteiger partial charge is 0.335 e. The van der Waals surface area contributed by atoms with Crippen molar-refractivity contribution in [3.63, 3.8) is 0 Å². The smallest absolute Gasteiger partial charge is 0.108 e. The zero-order chi connectivity index (χ0) is 9.10. The Morgan fingerprint density at radius 3 is 3.08 bits per heavy atom. The van der Waals surface area contributed by atoms with Crippen LogP contribution in [0.3, 0.4) is 0 Å². The van der Waals surface area contributed by atoms with Gasteiger partial charge in [0.25, 0.3) is 0 Å². The van der Waals surface area contributed by atoms with Crippen LogP contribution in [0.25, 0.3) is 0 Å². The van der Waals surface area contributed by atoms with Crippen LogP contribution < -0.4 is 5.32 Å². The van der Waals surface area contributed by atoms with Crippen molar-refractivity contribution < 1.29 is 0 Å². The van der Waals surface area contributed by atoms with Gasteiger partial charge in [-0.2, -0.15) is 0 Å². The van der Waals surface area contributed by atoms with Crippen LogP contribution in [-0.2, 0) is 13.0 Å². The molecule has 0 aromatic carbocycles. The van der Waals surface area contributed by atoms with E-state index in [2.05, 4.69) is 28.0 Å². The van der Waals surface area contributed by atoms with Crippen molar-refractivity contribution in [1.29, 1.82) is 0 Å². The van der Waals surface area contributed by atoms with Crippen LogP contribution in [-0.4, -0.2) is 22.6 Å². The van der Waals surface area contributed by atoms with Crippen molar-refractivity contribution in [2.45, 2.75) is 26.3 Å². The standard InChI is InChI=1S/C10H17N3/c1-2-10-12-4-6-13(10)5-3-9-7-11-8-9/h4,6,9,11H,2-3,5,7-8H2,1H3. The number of imidazole rings is 1. The molecular weight excluding hydrogens is 162 g/mol. The molecule has 1 aliphatic rings. The third kappa shape index (κ3) is 1.91. The Labute approximate surface area is 79.2 Å². The fourth-order valence-electron chi connectivity index (χ4n) is 1.73. The molecule has 0 saturated carbocycles. The predicted molar refractivity (Wildman–Crippen MR) is 52.6 cm³/mol. The van der Waals surface area contributed by atoms with E-state index in [0.29, 0.717) is 0 Å². The molecule has 0 bridgehead atoms. The van der Waals surface area contributed by atoms with Gasteiger partial charge in [0, 0.05) is 25.4 Å². The molecule has 72 valence electrons. The molecule has 1 fully saturated rings. The van der Waals surface area contributed by atoms with E-state index in [-0.39, 0.29) is 0 Å². The lowest BCUT2D eigenvalue weighted by atomic mass is 9.99. The first-order chi connectivity index (χ1) is 6.40. The van der Waals surface area contributed by atoms with Crippen molar-refractivity contribution in [3.05, 3.63) is 18.2 Å². The van der Waals surface area contributed by atoms with Crippen molar-refractivity contribution in [2.75, 3.05) is 13.1 Å². The zero-order valence-electron chi connectivity index (χ0n) is 8.16. The fourth-order valence-corrected chi connectivity index (χ4v) is 1.73. The molecule has 2 heterocycles. The maximum atomic E-state index is 4.30. The van der Waals surface area contributed by atoms with Gasteiger partial charge < -0.3 is 9.88 Å². The van der Waals surface area contributed by atoms with Gasteiger partial charge in [-0.25, -0.2) is 4.98 Å². The summed E-state index contributed by atoms with van der Waals surface area (Å²) in [7, 11) is 0. The summed E-state index contributed by atoms with van der Waals surface area (Å²) >= 11 is 0. The van der Waals surface area contributed by atoms with Crippen LogP contribution in [0.4, 0.5) is 0 Å². The minimum atomic E-state index is 0.895. The second-order valence-corrected chi connectivity index (χ2v) is 3.70. The Morgan fingerprint density at radius 1 is 1.62 bits per heavy atom. The number of nitrogens with zero attached hydrogens (tertiary/aromatic N) is 2. The maximum Gasteiger partial charge on any atom is 0.108 e. The molecule has 1 aromatic rings. The Bertz CT molecular complexity index is 263. The minimum Gasteiger partial charge on any atom is -0.335 e. The molecule has 13 heavy (non-hydrogen) atoms. The highest BCUT2D eigenvalue weighted by Crippen LogP contribution is 2.10. The average Bonchev–Trinajstić information content (AvgIpc) is 2.49. The summed E-state index contributed by atoms with van der Waals surface area (Å²) in [6.45, 7) is 5.70. The van der Waals surface area contributed by atoms with Crippen LogP contribution >= 0.6 is 0 Å². The van der Waals surface area contributed by atoms with E-state index < -0.39 is 0 Å². The summed E-state index contributed by atoms with van der Waals surface area (Å²) in [6.07, 6.45) is 6.31. The highest BCUT2D eigenvalue weighted by molar-refractivity contribution is 4.91. The first-order valence-corrected chi connectivity index (χ1v) is 5.11. The van der Waals surface area contributed by atoms with Gasteiger partial charge in [0.05, 0.1) is 0 Å². The molecule has 0 unspecified atom stereocenters. The van der Waals surface area contributed by atoms with Gasteiger partial charge >= 0.3 is 0 Å². The van der Waals surface area contributed by atoms with E-state index >= 15 is 0 Å². The lowest BCUT2D eigenvalue weighted by molar-refractivity contribution is 0.310. The fraction of sp³-hybridized carbons (Fsp3) is 0.700. The number of rotatable bonds is 4. The monoisotopic (exact) mass is 179 g/mol. The topological polar surface area (TPSA) is 29.9 Å². The molecule has 0 aliphatic carbocycles. The van der Waals surface area contributed by atoms with E-state index in [1.165, 1.54) is 25.3 Å². The van der Waals surface area contributed by atoms with Gasteiger partial charge in [0.15, 0.2) is 0 Å². The lowest BCUT2D eigenvalue weighted by Crippen LogP contribution is -2.42. The van der Waals surface area contributed by atoms with Crippen LogP contribution in [0.1, 0.15) is 19.2 Å². The van der Waals surface area contributed by atoms with Crippen LogP contribution in [0.5, 0.6) is 0 Å². The average molecular weight is 179 g/mol. The molecule has 0 amide bonds. The highest BCUT2D eigenvalue weighted by Gasteiger charge is 2.16. The van der Waals surface area contributed by atoms with E-state index in [0.717, 1.165) is 18.9 Å². The second kappa shape index (κ2) is 3.92. The molecule has 0 spiro atoms. The van der Waals surface area contributed by atoms with Crippen molar-refractivity contribution in [2.24, 2.45) is 5.92 Å². The normalized spacial score (nSPS) is 17.3. The number of aryl methyl sites for hydroxylation is 2. The van der Waals surface area contributed by atoms with Gasteiger partial charge in [-0.3, -0.25) is 0 Å². The van der Waals surface area contributed by atoms with Gasteiger partial charge in [-0.15, -0.1) is 0 Å². The molecule has 1 aromatic heterocycles. The van der Waals surface area contributed by atoms with E-state index in [9.17, 15) is 0 Å². The number of hydrogen-bond donors (Lipinski definition) is 1. The van der Waals surface area contributed by atoms with Crippen LogP contribution in [0.2, 0.25) is 0 Å². The molecule has 3 nitrogen and oxygen atoms in total. The zero-order valence-corrected chi connectivity index (χ0v) is 8.16. The summed E-state index contributed by atoms with van der Waals surface area (Å²) in [5.41, 5.74) is 0. The summed E-state index contributed by atoms with van der Waals surface area (Å²) < 4.78 is 2.28. The van der Waals surface area contributed by atoms with Crippen molar-refractivity contribution in [1.82, 2.24) is 14.9 Å². The van der Waals surface area contributed by atoms with Gasteiger partial charge in [-0.1, -0.05) is 6.92 Å². The quantitative estimate of drug-likeness (QED) is 0.749. The van der Waals surface area contributed by atoms with Crippen molar-refractivity contribution in [3.8, 4) is 0 Å². The number of nitrogens with one attached hydrogen (secondary N) is 1. The summed E-state index contributed by atoms with van der Waals surface area (Å²) in [6, 6.07) is 0. The highest BCUT2D eigenvalue weighted by atomic mass is 15.1. The number of hydrogen-bond acceptors (Lipinski definition) is 2. The third-order valence-corrected chi connectivity index (χ3v) is 2.76. The minimum absolute atomic E-state index is 0.895. The Morgan fingerprint density at radius 2 is 2.46 bits per heavy atom. The van der Waals surface area contributed by atoms with E-state index in [1.54, 1.807) is 0 Å². The van der Waals surface area contributed by atoms with Gasteiger partial charge in [-0.05, 0) is 25.4 Å². The van der Waals surface area contributed by atoms with Gasteiger partial charge in [0.2, 0.25) is 0 Å². The maximum absolute atomic E-state index is 4.30. The Balaban J connectivity index is 1.85. The second-order valence-electron chi connectivity index (χ2n) is 3.70. The molecule has 2 rings (SSSR count). The van der Waals surface area contributed by atoms with Crippen LogP contribution in [0.15, 0.2) is 12.4 Å². The Kier molecular flexibility index (Phi) is 2.64.